The first-order valence-electron chi connectivity index (χ1n) is 5.05. The van der Waals surface area contributed by atoms with Gasteiger partial charge in [-0.2, -0.15) is 5.26 Å². The van der Waals surface area contributed by atoms with Gasteiger partial charge in [0.15, 0.2) is 16.2 Å². The molecule has 6 heteroatoms. The maximum Gasteiger partial charge on any atom is 0.186 e. The van der Waals surface area contributed by atoms with Crippen molar-refractivity contribution in [3.63, 3.8) is 0 Å². The lowest BCUT2D eigenvalue weighted by Crippen LogP contribution is -1.98. The molecule has 0 saturated carbocycles. The lowest BCUT2D eigenvalue weighted by atomic mass is 10.1. The number of aromatic nitrogens is 1. The third kappa shape index (κ3) is 3.39. The molecule has 0 bridgehead atoms. The van der Waals surface area contributed by atoms with Crippen molar-refractivity contribution in [1.29, 1.82) is 5.26 Å². The summed E-state index contributed by atoms with van der Waals surface area (Å²) < 4.78 is 0.800. The van der Waals surface area contributed by atoms with Gasteiger partial charge in [-0.1, -0.05) is 35.5 Å². The summed E-state index contributed by atoms with van der Waals surface area (Å²) >= 11 is 4.74. The Bertz CT molecular complexity index is 589. The highest BCUT2D eigenvalue weighted by atomic mass is 79.9. The second kappa shape index (κ2) is 6.28. The van der Waals surface area contributed by atoms with Crippen LogP contribution in [0.25, 0.3) is 0 Å². The summed E-state index contributed by atoms with van der Waals surface area (Å²) in [5.74, 6) is 0. The predicted octanol–water partition coefficient (Wildman–Crippen LogP) is 3.35. The zero-order valence-corrected chi connectivity index (χ0v) is 11.6. The molecule has 2 rings (SSSR count). The molecule has 18 heavy (non-hydrogen) atoms. The summed E-state index contributed by atoms with van der Waals surface area (Å²) in [6, 6.07) is 11.2. The number of hydrogen-bond acceptors (Lipinski definition) is 5. The predicted molar refractivity (Wildman–Crippen MR) is 73.2 cm³/mol. The molecule has 0 N–H and O–H groups in total. The molecule has 1 aromatic heterocycles. The van der Waals surface area contributed by atoms with Crippen LogP contribution in [0, 0.1) is 11.3 Å². The van der Waals surface area contributed by atoms with Crippen LogP contribution in [0.1, 0.15) is 11.3 Å². The number of oxime groups is 1. The molecule has 90 valence electrons. The first-order valence-corrected chi connectivity index (χ1v) is 6.72. The van der Waals surface area contributed by atoms with E-state index < -0.39 is 0 Å². The maximum absolute atomic E-state index is 9.00. The molecule has 0 saturated heterocycles. The molecular weight excluding hydrogens is 314 g/mol. The monoisotopic (exact) mass is 321 g/mol. The highest BCUT2D eigenvalue weighted by Crippen LogP contribution is 2.16. The molecule has 0 atom stereocenters. The Hall–Kier alpha value is -1.71. The summed E-state index contributed by atoms with van der Waals surface area (Å²) in [7, 11) is 0. The van der Waals surface area contributed by atoms with Gasteiger partial charge >= 0.3 is 0 Å². The summed E-state index contributed by atoms with van der Waals surface area (Å²) in [6.45, 7) is 0.250. The van der Waals surface area contributed by atoms with Gasteiger partial charge in [0.25, 0.3) is 0 Å². The third-order valence-electron chi connectivity index (χ3n) is 2.05. The first kappa shape index (κ1) is 12.7. The minimum atomic E-state index is 0.250. The molecule has 0 aliphatic carbocycles. The van der Waals surface area contributed by atoms with Gasteiger partial charge in [-0.15, -0.1) is 11.3 Å². The lowest BCUT2D eigenvalue weighted by Gasteiger charge is -1.98. The summed E-state index contributed by atoms with van der Waals surface area (Å²) in [5.41, 5.74) is 1.77. The Balaban J connectivity index is 2.02. The van der Waals surface area contributed by atoms with Crippen LogP contribution in [0.2, 0.25) is 0 Å². The number of halogens is 1. The normalized spacial score (nSPS) is 11.0. The van der Waals surface area contributed by atoms with Crippen molar-refractivity contribution in [2.75, 3.05) is 0 Å². The SMILES string of the molecule is N#CC(=NOCc1csc(Br)n1)c1ccccc1. The van der Waals surface area contributed by atoms with Gasteiger partial charge in [0.1, 0.15) is 6.07 Å². The van der Waals surface area contributed by atoms with Crippen molar-refractivity contribution < 1.29 is 4.84 Å². The molecular formula is C12H8BrN3OS. The molecule has 0 radical (unpaired) electrons. The quantitative estimate of drug-likeness (QED) is 0.641. The van der Waals surface area contributed by atoms with Gasteiger partial charge in [0.05, 0.1) is 5.69 Å². The first-order chi connectivity index (χ1) is 8.79. The Morgan fingerprint density at radius 2 is 2.22 bits per heavy atom. The van der Waals surface area contributed by atoms with Crippen LogP contribution in [0.4, 0.5) is 0 Å². The Morgan fingerprint density at radius 1 is 1.44 bits per heavy atom. The van der Waals surface area contributed by atoms with Crippen LogP contribution >= 0.6 is 27.3 Å². The van der Waals surface area contributed by atoms with Crippen LogP contribution in [0.3, 0.4) is 0 Å². The number of thiazole rings is 1. The molecule has 0 aliphatic rings. The maximum atomic E-state index is 9.00. The second-order valence-corrected chi connectivity index (χ2v) is 5.42. The molecule has 1 heterocycles. The van der Waals surface area contributed by atoms with E-state index in [0.29, 0.717) is 0 Å². The van der Waals surface area contributed by atoms with Crippen molar-refractivity contribution in [3.8, 4) is 6.07 Å². The number of nitriles is 1. The molecule has 0 amide bonds. The Labute approximate surface area is 117 Å². The summed E-state index contributed by atoms with van der Waals surface area (Å²) in [6.07, 6.45) is 0. The number of nitrogens with zero attached hydrogens (tertiary/aromatic N) is 3. The highest BCUT2D eigenvalue weighted by molar-refractivity contribution is 9.11. The number of rotatable bonds is 4. The molecule has 1 aromatic carbocycles. The van der Waals surface area contributed by atoms with Crippen molar-refractivity contribution in [2.24, 2.45) is 5.16 Å². The smallest absolute Gasteiger partial charge is 0.186 e. The van der Waals surface area contributed by atoms with E-state index in [9.17, 15) is 0 Å². The van der Waals surface area contributed by atoms with E-state index >= 15 is 0 Å². The lowest BCUT2D eigenvalue weighted by molar-refractivity contribution is 0.128. The van der Waals surface area contributed by atoms with Gasteiger partial charge in [-0.3, -0.25) is 0 Å². The number of benzene rings is 1. The molecule has 0 aliphatic heterocycles. The van der Waals surface area contributed by atoms with Crippen LogP contribution < -0.4 is 0 Å². The van der Waals surface area contributed by atoms with Crippen molar-refractivity contribution in [2.45, 2.75) is 6.61 Å². The second-order valence-electron chi connectivity index (χ2n) is 3.28. The molecule has 0 fully saturated rings. The van der Waals surface area contributed by atoms with Crippen molar-refractivity contribution in [1.82, 2.24) is 4.98 Å². The molecule has 2 aromatic rings. The topological polar surface area (TPSA) is 58.3 Å². The zero-order valence-electron chi connectivity index (χ0n) is 9.21. The average Bonchev–Trinajstić information content (AvgIpc) is 2.81. The van der Waals surface area contributed by atoms with Crippen LogP contribution in [0.15, 0.2) is 44.8 Å². The fourth-order valence-corrected chi connectivity index (χ4v) is 2.28. The van der Waals surface area contributed by atoms with Gasteiger partial charge in [0.2, 0.25) is 0 Å². The van der Waals surface area contributed by atoms with E-state index in [-0.39, 0.29) is 12.3 Å². The minimum absolute atomic E-state index is 0.250. The average molecular weight is 322 g/mol. The largest absolute Gasteiger partial charge is 0.388 e. The molecule has 0 spiro atoms. The van der Waals surface area contributed by atoms with Gasteiger partial charge in [-0.25, -0.2) is 4.98 Å². The van der Waals surface area contributed by atoms with E-state index in [2.05, 4.69) is 26.1 Å². The van der Waals surface area contributed by atoms with Crippen LogP contribution in [0.5, 0.6) is 0 Å². The van der Waals surface area contributed by atoms with E-state index in [1.165, 1.54) is 11.3 Å². The van der Waals surface area contributed by atoms with E-state index in [1.807, 2.05) is 41.8 Å². The van der Waals surface area contributed by atoms with Crippen molar-refractivity contribution in [3.05, 3.63) is 50.9 Å². The van der Waals surface area contributed by atoms with Gasteiger partial charge in [0, 0.05) is 10.9 Å². The third-order valence-corrected chi connectivity index (χ3v) is 3.46. The van der Waals surface area contributed by atoms with Crippen LogP contribution in [-0.4, -0.2) is 10.7 Å². The Morgan fingerprint density at radius 3 is 2.83 bits per heavy atom. The molecule has 4 nitrogen and oxygen atoms in total. The van der Waals surface area contributed by atoms with Gasteiger partial charge < -0.3 is 4.84 Å². The number of hydrogen-bond donors (Lipinski definition) is 0. The minimum Gasteiger partial charge on any atom is -0.388 e. The van der Waals surface area contributed by atoms with E-state index in [1.54, 1.807) is 0 Å². The molecule has 0 unspecified atom stereocenters. The zero-order chi connectivity index (χ0) is 12.8. The fourth-order valence-electron chi connectivity index (χ4n) is 1.25. The van der Waals surface area contributed by atoms with E-state index in [0.717, 1.165) is 15.2 Å². The summed E-state index contributed by atoms with van der Waals surface area (Å²) in [5, 5.41) is 14.7. The van der Waals surface area contributed by atoms with Crippen LogP contribution in [-0.2, 0) is 11.4 Å². The van der Waals surface area contributed by atoms with Gasteiger partial charge in [-0.05, 0) is 15.9 Å². The van der Waals surface area contributed by atoms with E-state index in [4.69, 9.17) is 10.1 Å². The standard InChI is InChI=1S/C12H8BrN3OS/c13-12-15-10(8-18-12)7-17-16-11(6-14)9-4-2-1-3-5-9/h1-5,8H,7H2. The fraction of sp³-hybridized carbons (Fsp3) is 0.0833. The summed E-state index contributed by atoms with van der Waals surface area (Å²) in [4.78, 5) is 9.29. The highest BCUT2D eigenvalue weighted by Gasteiger charge is 2.03. The Kier molecular flexibility index (Phi) is 4.45. The van der Waals surface area contributed by atoms with Crippen molar-refractivity contribution >= 4 is 33.0 Å².